The van der Waals surface area contributed by atoms with Gasteiger partial charge in [-0.15, -0.1) is 0 Å². The Kier molecular flexibility index (Phi) is 6.19. The average Bonchev–Trinajstić information content (AvgIpc) is 2.45. The topological polar surface area (TPSA) is 102 Å². The van der Waals surface area contributed by atoms with Crippen LogP contribution < -0.4 is 14.2 Å². The third-order valence-electron chi connectivity index (χ3n) is 2.96. The van der Waals surface area contributed by atoms with E-state index in [0.29, 0.717) is 5.75 Å². The molecule has 1 unspecified atom stereocenters. The minimum absolute atomic E-state index is 0.0241. The molecule has 1 aromatic carbocycles. The first-order valence-electron chi connectivity index (χ1n) is 6.68. The number of sulfonamides is 1. The molecule has 1 rings (SSSR count). The number of rotatable bonds is 8. The van der Waals surface area contributed by atoms with E-state index in [9.17, 15) is 18.3 Å². The van der Waals surface area contributed by atoms with Crippen LogP contribution in [0.1, 0.15) is 20.3 Å². The van der Waals surface area contributed by atoms with Gasteiger partial charge in [-0.1, -0.05) is 13.8 Å². The summed E-state index contributed by atoms with van der Waals surface area (Å²) in [7, 11) is -1.32. The van der Waals surface area contributed by atoms with Gasteiger partial charge >= 0.3 is 5.97 Å². The Morgan fingerprint density at radius 2 is 1.91 bits per heavy atom. The molecule has 124 valence electrons. The Morgan fingerprint density at radius 3 is 2.36 bits per heavy atom. The van der Waals surface area contributed by atoms with Crippen LogP contribution in [0.4, 0.5) is 0 Å². The molecule has 22 heavy (non-hydrogen) atoms. The van der Waals surface area contributed by atoms with Crippen LogP contribution in [0.15, 0.2) is 23.1 Å². The minimum Gasteiger partial charge on any atom is -0.497 e. The molecule has 1 atom stereocenters. The van der Waals surface area contributed by atoms with Gasteiger partial charge in [0.05, 0.1) is 14.2 Å². The molecule has 0 saturated carbocycles. The molecule has 7 nitrogen and oxygen atoms in total. The van der Waals surface area contributed by atoms with E-state index in [0.717, 1.165) is 0 Å². The molecule has 0 aliphatic heterocycles. The molecule has 0 aliphatic rings. The quantitative estimate of drug-likeness (QED) is 0.748. The molecule has 8 heteroatoms. The Labute approximate surface area is 130 Å². The molecule has 0 aromatic heterocycles. The first-order chi connectivity index (χ1) is 10.2. The van der Waals surface area contributed by atoms with Crippen molar-refractivity contribution in [2.45, 2.75) is 31.2 Å². The fraction of sp³-hybridized carbons (Fsp3) is 0.500. The van der Waals surface area contributed by atoms with Crippen molar-refractivity contribution in [3.05, 3.63) is 18.2 Å². The lowest BCUT2D eigenvalue weighted by Crippen LogP contribution is -2.41. The summed E-state index contributed by atoms with van der Waals surface area (Å²) in [6, 6.07) is 3.09. The van der Waals surface area contributed by atoms with E-state index in [4.69, 9.17) is 9.47 Å². The molecule has 1 aromatic rings. The Balaban J connectivity index is 3.19. The van der Waals surface area contributed by atoms with Gasteiger partial charge in [-0.05, 0) is 24.5 Å². The Morgan fingerprint density at radius 1 is 1.27 bits per heavy atom. The molecule has 0 saturated heterocycles. The van der Waals surface area contributed by atoms with E-state index < -0.39 is 22.0 Å². The van der Waals surface area contributed by atoms with Crippen molar-refractivity contribution >= 4 is 16.0 Å². The average molecular weight is 331 g/mol. The molecule has 0 radical (unpaired) electrons. The van der Waals surface area contributed by atoms with Gasteiger partial charge in [-0.2, -0.15) is 4.72 Å². The van der Waals surface area contributed by atoms with Crippen LogP contribution in [0.25, 0.3) is 0 Å². The highest BCUT2D eigenvalue weighted by atomic mass is 32.2. The predicted octanol–water partition coefficient (Wildman–Crippen LogP) is 1.48. The zero-order chi connectivity index (χ0) is 16.9. The van der Waals surface area contributed by atoms with Crippen LogP contribution in [0, 0.1) is 5.92 Å². The van der Waals surface area contributed by atoms with Crippen molar-refractivity contribution in [3.63, 3.8) is 0 Å². The minimum atomic E-state index is -4.06. The molecular formula is C14H21NO6S. The number of ether oxygens (including phenoxy) is 2. The fourth-order valence-electron chi connectivity index (χ4n) is 1.92. The third-order valence-corrected chi connectivity index (χ3v) is 4.46. The second-order valence-electron chi connectivity index (χ2n) is 5.16. The number of hydrogen-bond acceptors (Lipinski definition) is 5. The summed E-state index contributed by atoms with van der Waals surface area (Å²) in [6.45, 7) is 3.63. The molecule has 2 N–H and O–H groups in total. The molecule has 0 heterocycles. The van der Waals surface area contributed by atoms with Gasteiger partial charge in [0.15, 0.2) is 0 Å². The molecular weight excluding hydrogens is 310 g/mol. The molecule has 0 fully saturated rings. The largest absolute Gasteiger partial charge is 0.497 e. The molecule has 0 aliphatic carbocycles. The van der Waals surface area contributed by atoms with Gasteiger partial charge in [-0.25, -0.2) is 8.42 Å². The second-order valence-corrected chi connectivity index (χ2v) is 6.84. The van der Waals surface area contributed by atoms with Gasteiger partial charge in [0, 0.05) is 6.07 Å². The summed E-state index contributed by atoms with van der Waals surface area (Å²) in [5.41, 5.74) is 0. The number of hydrogen-bond donors (Lipinski definition) is 2. The maximum Gasteiger partial charge on any atom is 0.321 e. The highest BCUT2D eigenvalue weighted by Crippen LogP contribution is 2.28. The molecule has 0 amide bonds. The van der Waals surface area contributed by atoms with E-state index in [1.165, 1.54) is 26.4 Å². The summed E-state index contributed by atoms with van der Waals surface area (Å²) in [5, 5.41) is 9.18. The number of benzene rings is 1. The number of carboxylic acids is 1. The van der Waals surface area contributed by atoms with Crippen LogP contribution in [0.3, 0.4) is 0 Å². The highest BCUT2D eigenvalue weighted by molar-refractivity contribution is 7.89. The highest BCUT2D eigenvalue weighted by Gasteiger charge is 2.28. The van der Waals surface area contributed by atoms with E-state index in [-0.39, 0.29) is 23.0 Å². The number of aliphatic carboxylic acids is 1. The monoisotopic (exact) mass is 331 g/mol. The van der Waals surface area contributed by atoms with E-state index >= 15 is 0 Å². The maximum absolute atomic E-state index is 12.5. The van der Waals surface area contributed by atoms with E-state index in [1.807, 2.05) is 13.8 Å². The number of nitrogens with one attached hydrogen (secondary N) is 1. The van der Waals surface area contributed by atoms with Crippen molar-refractivity contribution in [3.8, 4) is 11.5 Å². The van der Waals surface area contributed by atoms with Crippen LogP contribution in [0.2, 0.25) is 0 Å². The Hall–Kier alpha value is -1.80. The normalized spacial score (nSPS) is 13.0. The van der Waals surface area contributed by atoms with Gasteiger partial charge < -0.3 is 14.6 Å². The molecule has 0 spiro atoms. The third kappa shape index (κ3) is 4.60. The summed E-state index contributed by atoms with van der Waals surface area (Å²) >= 11 is 0. The van der Waals surface area contributed by atoms with Crippen LogP contribution >= 0.6 is 0 Å². The van der Waals surface area contributed by atoms with Crippen molar-refractivity contribution in [1.82, 2.24) is 4.72 Å². The summed E-state index contributed by atoms with van der Waals surface area (Å²) < 4.78 is 37.2. The van der Waals surface area contributed by atoms with E-state index in [1.54, 1.807) is 6.07 Å². The lowest BCUT2D eigenvalue weighted by molar-refractivity contribution is -0.139. The van der Waals surface area contributed by atoms with Crippen molar-refractivity contribution in [2.24, 2.45) is 5.92 Å². The summed E-state index contributed by atoms with van der Waals surface area (Å²) in [6.07, 6.45) is 0.181. The first kappa shape index (κ1) is 18.2. The standard InChI is InChI=1S/C14H21NO6S/c1-9(2)7-11(14(16)17)15-22(18,19)13-8-10(20-3)5-6-12(13)21-4/h5-6,8-9,11,15H,7H2,1-4H3,(H,16,17). The van der Waals surface area contributed by atoms with Crippen molar-refractivity contribution in [2.75, 3.05) is 14.2 Å². The summed E-state index contributed by atoms with van der Waals surface area (Å²) in [4.78, 5) is 11.1. The first-order valence-corrected chi connectivity index (χ1v) is 8.16. The van der Waals surface area contributed by atoms with Crippen molar-refractivity contribution < 1.29 is 27.8 Å². The number of carbonyl (C=O) groups is 1. The lowest BCUT2D eigenvalue weighted by atomic mass is 10.1. The predicted molar refractivity (Wildman–Crippen MR) is 80.7 cm³/mol. The zero-order valence-electron chi connectivity index (χ0n) is 13.0. The SMILES string of the molecule is COc1ccc(OC)c(S(=O)(=O)NC(CC(C)C)C(=O)O)c1. The fourth-order valence-corrected chi connectivity index (χ4v) is 3.30. The number of methoxy groups -OCH3 is 2. The molecule has 0 bridgehead atoms. The van der Waals surface area contributed by atoms with Crippen LogP contribution in [0.5, 0.6) is 11.5 Å². The van der Waals surface area contributed by atoms with Gasteiger partial charge in [0.2, 0.25) is 10.0 Å². The van der Waals surface area contributed by atoms with Gasteiger partial charge in [0.25, 0.3) is 0 Å². The van der Waals surface area contributed by atoms with E-state index in [2.05, 4.69) is 4.72 Å². The number of carboxylic acid groups (broad SMARTS) is 1. The lowest BCUT2D eigenvalue weighted by Gasteiger charge is -2.18. The smallest absolute Gasteiger partial charge is 0.321 e. The maximum atomic E-state index is 12.5. The Bertz CT molecular complexity index is 626. The zero-order valence-corrected chi connectivity index (χ0v) is 13.8. The van der Waals surface area contributed by atoms with Crippen molar-refractivity contribution in [1.29, 1.82) is 0 Å². The van der Waals surface area contributed by atoms with Crippen LogP contribution in [-0.4, -0.2) is 39.8 Å². The van der Waals surface area contributed by atoms with Gasteiger partial charge in [-0.3, -0.25) is 4.79 Å². The summed E-state index contributed by atoms with van der Waals surface area (Å²) in [5.74, 6) is -0.756. The van der Waals surface area contributed by atoms with Crippen LogP contribution in [-0.2, 0) is 14.8 Å². The second kappa shape index (κ2) is 7.46. The van der Waals surface area contributed by atoms with Gasteiger partial charge in [0.1, 0.15) is 22.4 Å².